The summed E-state index contributed by atoms with van der Waals surface area (Å²) in [5, 5.41) is 10.0. The van der Waals surface area contributed by atoms with Crippen LogP contribution in [0.4, 0.5) is 0 Å². The largest absolute Gasteiger partial charge is 0.391 e. The fraction of sp³-hybridized carbons (Fsp3) is 0.625. The van der Waals surface area contributed by atoms with Gasteiger partial charge in [0, 0.05) is 6.42 Å². The minimum Gasteiger partial charge on any atom is -0.391 e. The molecule has 0 aliphatic carbocycles. The van der Waals surface area contributed by atoms with E-state index in [1.807, 2.05) is 0 Å². The molecule has 1 N–H and O–H groups in total. The van der Waals surface area contributed by atoms with E-state index in [4.69, 9.17) is 5.11 Å². The first-order valence-corrected chi connectivity index (χ1v) is 5.49. The standard InChI is InChI=1S/C8H12BrNOS/c1-5(2)3-7-10-8(9)6(4-11)12-7/h5,11H,3-4H2,1-2H3. The molecule has 0 spiro atoms. The van der Waals surface area contributed by atoms with Gasteiger partial charge >= 0.3 is 0 Å². The Morgan fingerprint density at radius 2 is 2.25 bits per heavy atom. The maximum Gasteiger partial charge on any atom is 0.122 e. The van der Waals surface area contributed by atoms with Crippen molar-refractivity contribution < 1.29 is 5.11 Å². The van der Waals surface area contributed by atoms with Crippen LogP contribution in [-0.4, -0.2) is 10.1 Å². The molecular weight excluding hydrogens is 238 g/mol. The Morgan fingerprint density at radius 1 is 1.58 bits per heavy atom. The highest BCUT2D eigenvalue weighted by Gasteiger charge is 2.08. The summed E-state index contributed by atoms with van der Waals surface area (Å²) in [6, 6.07) is 0. The van der Waals surface area contributed by atoms with Gasteiger partial charge in [-0.1, -0.05) is 13.8 Å². The number of nitrogens with zero attached hydrogens (tertiary/aromatic N) is 1. The predicted octanol–water partition coefficient (Wildman–Crippen LogP) is 2.60. The van der Waals surface area contributed by atoms with Crippen LogP contribution in [-0.2, 0) is 13.0 Å². The smallest absolute Gasteiger partial charge is 0.122 e. The Hall–Kier alpha value is 0.0700. The molecule has 0 amide bonds. The summed E-state index contributed by atoms with van der Waals surface area (Å²) >= 11 is 4.89. The number of thiazole rings is 1. The van der Waals surface area contributed by atoms with Crippen LogP contribution in [0.2, 0.25) is 0 Å². The molecule has 0 aromatic carbocycles. The van der Waals surface area contributed by atoms with Crippen molar-refractivity contribution >= 4 is 27.3 Å². The summed E-state index contributed by atoms with van der Waals surface area (Å²) in [4.78, 5) is 5.22. The van der Waals surface area contributed by atoms with Crippen LogP contribution in [0, 0.1) is 5.92 Å². The number of hydrogen-bond donors (Lipinski definition) is 1. The summed E-state index contributed by atoms with van der Waals surface area (Å²) in [6.07, 6.45) is 0.989. The summed E-state index contributed by atoms with van der Waals surface area (Å²) in [6.45, 7) is 4.40. The molecule has 4 heteroatoms. The number of aliphatic hydroxyl groups is 1. The maximum absolute atomic E-state index is 8.91. The van der Waals surface area contributed by atoms with Crippen molar-refractivity contribution in [2.75, 3.05) is 0 Å². The van der Waals surface area contributed by atoms with Gasteiger partial charge < -0.3 is 5.11 Å². The van der Waals surface area contributed by atoms with Gasteiger partial charge in [0.1, 0.15) is 4.60 Å². The number of hydrogen-bond acceptors (Lipinski definition) is 3. The first-order valence-electron chi connectivity index (χ1n) is 3.88. The van der Waals surface area contributed by atoms with Gasteiger partial charge in [0.25, 0.3) is 0 Å². The Kier molecular flexibility index (Phi) is 3.68. The Balaban J connectivity index is 2.75. The lowest BCUT2D eigenvalue weighted by molar-refractivity contribution is 0.284. The van der Waals surface area contributed by atoms with E-state index in [0.717, 1.165) is 20.9 Å². The molecule has 2 nitrogen and oxygen atoms in total. The second-order valence-corrected chi connectivity index (χ2v) is 5.00. The third kappa shape index (κ3) is 2.54. The lowest BCUT2D eigenvalue weighted by Crippen LogP contribution is -1.91. The molecule has 0 bridgehead atoms. The van der Waals surface area contributed by atoms with Gasteiger partial charge in [-0.25, -0.2) is 4.98 Å². The van der Waals surface area contributed by atoms with Crippen molar-refractivity contribution in [1.82, 2.24) is 4.98 Å². The highest BCUT2D eigenvalue weighted by Crippen LogP contribution is 2.24. The zero-order valence-electron chi connectivity index (χ0n) is 7.17. The summed E-state index contributed by atoms with van der Waals surface area (Å²) in [5.74, 6) is 0.620. The van der Waals surface area contributed by atoms with Crippen molar-refractivity contribution in [2.24, 2.45) is 5.92 Å². The first kappa shape index (κ1) is 10.2. The van der Waals surface area contributed by atoms with Gasteiger partial charge in [-0.15, -0.1) is 11.3 Å². The van der Waals surface area contributed by atoms with E-state index in [1.54, 1.807) is 11.3 Å². The molecular formula is C8H12BrNOS. The fourth-order valence-corrected chi connectivity index (χ4v) is 2.65. The van der Waals surface area contributed by atoms with Crippen LogP contribution < -0.4 is 0 Å². The number of aliphatic hydroxyl groups excluding tert-OH is 1. The molecule has 1 aromatic heterocycles. The lowest BCUT2D eigenvalue weighted by atomic mass is 10.1. The van der Waals surface area contributed by atoms with Crippen LogP contribution in [0.25, 0.3) is 0 Å². The minimum atomic E-state index is 0.0797. The monoisotopic (exact) mass is 249 g/mol. The Labute approximate surface area is 84.8 Å². The van der Waals surface area contributed by atoms with E-state index in [1.165, 1.54) is 0 Å². The highest BCUT2D eigenvalue weighted by atomic mass is 79.9. The van der Waals surface area contributed by atoms with E-state index < -0.39 is 0 Å². The van der Waals surface area contributed by atoms with Gasteiger partial charge in [0.2, 0.25) is 0 Å². The maximum atomic E-state index is 8.91. The van der Waals surface area contributed by atoms with E-state index in [0.29, 0.717) is 5.92 Å². The molecule has 1 heterocycles. The Morgan fingerprint density at radius 3 is 2.67 bits per heavy atom. The molecule has 0 aliphatic rings. The predicted molar refractivity (Wildman–Crippen MR) is 54.3 cm³/mol. The summed E-state index contributed by atoms with van der Waals surface area (Å²) in [7, 11) is 0. The van der Waals surface area contributed by atoms with Crippen LogP contribution >= 0.6 is 27.3 Å². The average molecular weight is 250 g/mol. The number of halogens is 1. The van der Waals surface area contributed by atoms with Gasteiger partial charge in [-0.3, -0.25) is 0 Å². The van der Waals surface area contributed by atoms with E-state index in [2.05, 4.69) is 34.8 Å². The average Bonchev–Trinajstić information content (AvgIpc) is 2.29. The second kappa shape index (κ2) is 4.35. The summed E-state index contributed by atoms with van der Waals surface area (Å²) in [5.41, 5.74) is 0. The molecule has 0 saturated carbocycles. The fourth-order valence-electron chi connectivity index (χ4n) is 0.913. The van der Waals surface area contributed by atoms with Crippen LogP contribution in [0.15, 0.2) is 4.60 Å². The zero-order valence-corrected chi connectivity index (χ0v) is 9.57. The molecule has 12 heavy (non-hydrogen) atoms. The van der Waals surface area contributed by atoms with Crippen LogP contribution in [0.1, 0.15) is 23.7 Å². The molecule has 1 rings (SSSR count). The first-order chi connectivity index (χ1) is 5.63. The molecule has 0 atom stereocenters. The minimum absolute atomic E-state index is 0.0797. The second-order valence-electron chi connectivity index (χ2n) is 3.08. The number of aromatic nitrogens is 1. The molecule has 1 aromatic rings. The highest BCUT2D eigenvalue weighted by molar-refractivity contribution is 9.10. The topological polar surface area (TPSA) is 33.1 Å². The van der Waals surface area contributed by atoms with Gasteiger partial charge in [0.15, 0.2) is 0 Å². The van der Waals surface area contributed by atoms with Crippen molar-refractivity contribution in [3.63, 3.8) is 0 Å². The van der Waals surface area contributed by atoms with E-state index in [-0.39, 0.29) is 6.61 Å². The quantitative estimate of drug-likeness (QED) is 0.894. The van der Waals surface area contributed by atoms with Gasteiger partial charge in [-0.2, -0.15) is 0 Å². The summed E-state index contributed by atoms with van der Waals surface area (Å²) < 4.78 is 0.797. The third-order valence-electron chi connectivity index (χ3n) is 1.42. The molecule has 0 aliphatic heterocycles. The molecule has 0 saturated heterocycles. The molecule has 0 radical (unpaired) electrons. The van der Waals surface area contributed by atoms with E-state index in [9.17, 15) is 0 Å². The van der Waals surface area contributed by atoms with Gasteiger partial charge in [-0.05, 0) is 21.8 Å². The van der Waals surface area contributed by atoms with Crippen molar-refractivity contribution in [3.8, 4) is 0 Å². The van der Waals surface area contributed by atoms with E-state index >= 15 is 0 Å². The molecule has 68 valence electrons. The number of rotatable bonds is 3. The SMILES string of the molecule is CC(C)Cc1nc(Br)c(CO)s1. The zero-order chi connectivity index (χ0) is 9.14. The lowest BCUT2D eigenvalue weighted by Gasteiger charge is -1.97. The van der Waals surface area contributed by atoms with Crippen molar-refractivity contribution in [1.29, 1.82) is 0 Å². The Bertz CT molecular complexity index is 260. The van der Waals surface area contributed by atoms with Gasteiger partial charge in [0.05, 0.1) is 16.5 Å². The van der Waals surface area contributed by atoms with Crippen molar-refractivity contribution in [2.45, 2.75) is 26.9 Å². The third-order valence-corrected chi connectivity index (χ3v) is 3.40. The molecule has 0 fully saturated rings. The van der Waals surface area contributed by atoms with Crippen molar-refractivity contribution in [3.05, 3.63) is 14.5 Å². The van der Waals surface area contributed by atoms with Crippen LogP contribution in [0.3, 0.4) is 0 Å². The van der Waals surface area contributed by atoms with Crippen LogP contribution in [0.5, 0.6) is 0 Å². The molecule has 0 unspecified atom stereocenters. The normalized spacial score (nSPS) is 11.1.